The molecule has 0 aliphatic carbocycles. The van der Waals surface area contributed by atoms with Gasteiger partial charge in [0, 0.05) is 17.5 Å². The van der Waals surface area contributed by atoms with Gasteiger partial charge in [0.15, 0.2) is 0 Å². The highest BCUT2D eigenvalue weighted by Gasteiger charge is 2.30. The highest BCUT2D eigenvalue weighted by Crippen LogP contribution is 2.38. The van der Waals surface area contributed by atoms with E-state index in [2.05, 4.69) is 96.9 Å². The van der Waals surface area contributed by atoms with Crippen molar-refractivity contribution in [3.05, 3.63) is 132 Å². The van der Waals surface area contributed by atoms with Crippen molar-refractivity contribution in [2.24, 2.45) is 5.73 Å². The van der Waals surface area contributed by atoms with Crippen molar-refractivity contribution >= 4 is 11.8 Å². The number of anilines is 1. The third kappa shape index (κ3) is 4.23. The second-order valence-corrected chi connectivity index (χ2v) is 7.32. The molecule has 1 heterocycles. The first-order valence-corrected chi connectivity index (χ1v) is 9.99. The van der Waals surface area contributed by atoms with Crippen LogP contribution >= 0.6 is 0 Å². The van der Waals surface area contributed by atoms with Crippen molar-refractivity contribution in [1.82, 2.24) is 0 Å². The fourth-order valence-corrected chi connectivity index (χ4v) is 3.93. The Morgan fingerprint density at radius 3 is 2.34 bits per heavy atom. The molecule has 144 valence electrons. The Balaban J connectivity index is 1.60. The SMILES string of the molecule is C=C/C=C\C(C=Cc1ccccc1)c1ccc(C2c3ccccc3NC2N)cc1. The molecule has 0 saturated carbocycles. The van der Waals surface area contributed by atoms with Gasteiger partial charge < -0.3 is 11.1 Å². The van der Waals surface area contributed by atoms with Gasteiger partial charge >= 0.3 is 0 Å². The summed E-state index contributed by atoms with van der Waals surface area (Å²) in [4.78, 5) is 0. The van der Waals surface area contributed by atoms with E-state index >= 15 is 0 Å². The van der Waals surface area contributed by atoms with Crippen LogP contribution in [-0.4, -0.2) is 6.17 Å². The third-order valence-corrected chi connectivity index (χ3v) is 5.41. The molecule has 29 heavy (non-hydrogen) atoms. The van der Waals surface area contributed by atoms with Gasteiger partial charge in [0.25, 0.3) is 0 Å². The van der Waals surface area contributed by atoms with Crippen LogP contribution < -0.4 is 11.1 Å². The second kappa shape index (κ2) is 8.76. The fraction of sp³-hybridized carbons (Fsp3) is 0.111. The Morgan fingerprint density at radius 1 is 0.862 bits per heavy atom. The van der Waals surface area contributed by atoms with E-state index in [9.17, 15) is 0 Å². The Bertz CT molecular complexity index is 1020. The lowest BCUT2D eigenvalue weighted by Crippen LogP contribution is -2.31. The fourth-order valence-electron chi connectivity index (χ4n) is 3.93. The molecule has 1 aliphatic heterocycles. The predicted molar refractivity (Wildman–Crippen MR) is 124 cm³/mol. The van der Waals surface area contributed by atoms with Crippen LogP contribution in [0.25, 0.3) is 6.08 Å². The van der Waals surface area contributed by atoms with Crippen LogP contribution in [0, 0.1) is 0 Å². The van der Waals surface area contributed by atoms with Crippen molar-refractivity contribution < 1.29 is 0 Å². The maximum atomic E-state index is 6.39. The molecule has 0 saturated heterocycles. The van der Waals surface area contributed by atoms with E-state index in [0.29, 0.717) is 0 Å². The number of benzene rings is 3. The molecule has 3 N–H and O–H groups in total. The van der Waals surface area contributed by atoms with Gasteiger partial charge in [-0.1, -0.05) is 110 Å². The summed E-state index contributed by atoms with van der Waals surface area (Å²) in [5.41, 5.74) is 12.5. The Kier molecular flexibility index (Phi) is 5.73. The molecule has 0 fully saturated rings. The van der Waals surface area contributed by atoms with Crippen LogP contribution in [-0.2, 0) is 0 Å². The lowest BCUT2D eigenvalue weighted by Gasteiger charge is -2.18. The van der Waals surface area contributed by atoms with E-state index in [1.807, 2.05) is 24.3 Å². The lowest BCUT2D eigenvalue weighted by atomic mass is 9.89. The van der Waals surface area contributed by atoms with Gasteiger partial charge in [-0.2, -0.15) is 0 Å². The minimum atomic E-state index is -0.104. The molecule has 3 aromatic rings. The van der Waals surface area contributed by atoms with E-state index in [1.165, 1.54) is 22.3 Å². The predicted octanol–water partition coefficient (Wildman–Crippen LogP) is 6.07. The van der Waals surface area contributed by atoms with E-state index in [-0.39, 0.29) is 18.0 Å². The van der Waals surface area contributed by atoms with Gasteiger partial charge in [0.05, 0.1) is 6.17 Å². The van der Waals surface area contributed by atoms with Crippen LogP contribution in [0.2, 0.25) is 0 Å². The highest BCUT2D eigenvalue weighted by atomic mass is 15.1. The van der Waals surface area contributed by atoms with Crippen molar-refractivity contribution in [1.29, 1.82) is 0 Å². The smallest absolute Gasteiger partial charge is 0.0855 e. The van der Waals surface area contributed by atoms with Crippen LogP contribution in [0.1, 0.15) is 34.1 Å². The summed E-state index contributed by atoms with van der Waals surface area (Å²) in [6.07, 6.45) is 10.3. The van der Waals surface area contributed by atoms with E-state index in [4.69, 9.17) is 5.73 Å². The van der Waals surface area contributed by atoms with E-state index in [1.54, 1.807) is 0 Å². The highest BCUT2D eigenvalue weighted by molar-refractivity contribution is 5.62. The number of rotatable bonds is 6. The molecular formula is C27H26N2. The summed E-state index contributed by atoms with van der Waals surface area (Å²) in [7, 11) is 0. The molecule has 4 rings (SSSR count). The normalized spacial score (nSPS) is 19.2. The molecule has 0 aromatic heterocycles. The van der Waals surface area contributed by atoms with Crippen LogP contribution in [0.3, 0.4) is 0 Å². The van der Waals surface area contributed by atoms with Crippen LogP contribution in [0.15, 0.2) is 110 Å². The van der Waals surface area contributed by atoms with Crippen LogP contribution in [0.4, 0.5) is 5.69 Å². The quantitative estimate of drug-likeness (QED) is 0.511. The average Bonchev–Trinajstić information content (AvgIpc) is 3.10. The molecule has 0 amide bonds. The number of fused-ring (bicyclic) bond motifs is 1. The summed E-state index contributed by atoms with van der Waals surface area (Å²) in [5, 5.41) is 3.39. The third-order valence-electron chi connectivity index (χ3n) is 5.41. The number of hydrogen-bond donors (Lipinski definition) is 2. The topological polar surface area (TPSA) is 38.0 Å². The molecule has 1 aliphatic rings. The molecule has 0 spiro atoms. The summed E-state index contributed by atoms with van der Waals surface area (Å²) >= 11 is 0. The summed E-state index contributed by atoms with van der Waals surface area (Å²) < 4.78 is 0. The first-order valence-electron chi connectivity index (χ1n) is 9.99. The van der Waals surface area contributed by atoms with Crippen LogP contribution in [0.5, 0.6) is 0 Å². The summed E-state index contributed by atoms with van der Waals surface area (Å²) in [6.45, 7) is 3.81. The molecule has 2 heteroatoms. The molecule has 3 unspecified atom stereocenters. The van der Waals surface area contributed by atoms with E-state index < -0.39 is 0 Å². The number of para-hydroxylation sites is 1. The number of nitrogens with two attached hydrogens (primary N) is 1. The van der Waals surface area contributed by atoms with Gasteiger partial charge in [-0.3, -0.25) is 0 Å². The Hall–Kier alpha value is -3.36. The largest absolute Gasteiger partial charge is 0.369 e. The first-order chi connectivity index (χ1) is 14.3. The summed E-state index contributed by atoms with van der Waals surface area (Å²) in [6, 6.07) is 27.5. The second-order valence-electron chi connectivity index (χ2n) is 7.32. The van der Waals surface area contributed by atoms with Crippen molar-refractivity contribution in [3.8, 4) is 0 Å². The number of allylic oxidation sites excluding steroid dienone is 4. The molecular weight excluding hydrogens is 352 g/mol. The zero-order valence-electron chi connectivity index (χ0n) is 16.4. The maximum Gasteiger partial charge on any atom is 0.0855 e. The van der Waals surface area contributed by atoms with Gasteiger partial charge in [0.2, 0.25) is 0 Å². The minimum absolute atomic E-state index is 0.104. The standard InChI is InChI=1S/C27H26N2/c1-2-3-11-21(15-14-20-9-5-4-6-10-20)22-16-18-23(19-17-22)26-24-12-7-8-13-25(24)29-27(26)28/h2-19,21,26-27,29H,1,28H2/b11-3-,15-14?. The van der Waals surface area contributed by atoms with Crippen molar-refractivity contribution in [3.63, 3.8) is 0 Å². The molecule has 0 radical (unpaired) electrons. The average molecular weight is 379 g/mol. The van der Waals surface area contributed by atoms with Gasteiger partial charge in [-0.05, 0) is 28.3 Å². The molecule has 3 aromatic carbocycles. The monoisotopic (exact) mass is 378 g/mol. The molecule has 3 atom stereocenters. The van der Waals surface area contributed by atoms with Crippen molar-refractivity contribution in [2.45, 2.75) is 18.0 Å². The van der Waals surface area contributed by atoms with Crippen molar-refractivity contribution in [2.75, 3.05) is 5.32 Å². The minimum Gasteiger partial charge on any atom is -0.369 e. The Morgan fingerprint density at radius 2 is 1.59 bits per heavy atom. The zero-order valence-corrected chi connectivity index (χ0v) is 16.4. The Labute approximate surface area is 173 Å². The number of nitrogens with one attached hydrogen (secondary N) is 1. The summed E-state index contributed by atoms with van der Waals surface area (Å²) in [5.74, 6) is 0.354. The van der Waals surface area contributed by atoms with E-state index in [0.717, 1.165) is 5.69 Å². The maximum absolute atomic E-state index is 6.39. The number of hydrogen-bond acceptors (Lipinski definition) is 2. The zero-order chi connectivity index (χ0) is 20.1. The lowest BCUT2D eigenvalue weighted by molar-refractivity contribution is 0.697. The van der Waals surface area contributed by atoms with Gasteiger partial charge in [-0.15, -0.1) is 0 Å². The first kappa shape index (κ1) is 19.0. The van der Waals surface area contributed by atoms with Gasteiger partial charge in [0.1, 0.15) is 0 Å². The van der Waals surface area contributed by atoms with Gasteiger partial charge in [-0.25, -0.2) is 0 Å². The molecule has 0 bridgehead atoms. The molecule has 2 nitrogen and oxygen atoms in total.